The molecule has 1 heterocycles. The Labute approximate surface area is 129 Å². The highest BCUT2D eigenvalue weighted by Gasteiger charge is 2.28. The third-order valence-electron chi connectivity index (χ3n) is 4.04. The van der Waals surface area contributed by atoms with Crippen LogP contribution >= 0.6 is 0 Å². The standard InChI is InChI=1S/C15H22N6O/c1-11(2)15(3,9-16)18-14(22)8-12-4-6-13(7-5-12)21-10-17-19-20-21/h4-7,10-11H,8-9,16H2,1-3H3,(H,18,22). The summed E-state index contributed by atoms with van der Waals surface area (Å²) in [4.78, 5) is 12.2. The molecule has 1 unspecified atom stereocenters. The van der Waals surface area contributed by atoms with Gasteiger partial charge in [0.1, 0.15) is 6.33 Å². The Kier molecular flexibility index (Phi) is 4.87. The van der Waals surface area contributed by atoms with E-state index in [1.165, 1.54) is 6.33 Å². The van der Waals surface area contributed by atoms with Gasteiger partial charge in [-0.2, -0.15) is 0 Å². The van der Waals surface area contributed by atoms with Crippen molar-refractivity contribution in [2.24, 2.45) is 11.7 Å². The number of carbonyl (C=O) groups excluding carboxylic acids is 1. The third-order valence-corrected chi connectivity index (χ3v) is 4.04. The quantitative estimate of drug-likeness (QED) is 0.818. The Morgan fingerprint density at radius 1 is 1.36 bits per heavy atom. The van der Waals surface area contributed by atoms with Crippen molar-refractivity contribution in [2.45, 2.75) is 32.7 Å². The Balaban J connectivity index is 2.00. The molecule has 7 heteroatoms. The summed E-state index contributed by atoms with van der Waals surface area (Å²) in [7, 11) is 0. The molecule has 0 aliphatic heterocycles. The molecule has 1 aromatic heterocycles. The lowest BCUT2D eigenvalue weighted by molar-refractivity contribution is -0.122. The first-order chi connectivity index (χ1) is 10.4. The first-order valence-electron chi connectivity index (χ1n) is 7.28. The lowest BCUT2D eigenvalue weighted by atomic mass is 9.88. The molecule has 0 bridgehead atoms. The molecule has 1 aromatic carbocycles. The number of hydrogen-bond acceptors (Lipinski definition) is 5. The molecule has 0 spiro atoms. The molecule has 1 atom stereocenters. The van der Waals surface area contributed by atoms with Gasteiger partial charge in [-0.05, 0) is 41.0 Å². The molecule has 0 radical (unpaired) electrons. The number of nitrogens with two attached hydrogens (primary N) is 1. The summed E-state index contributed by atoms with van der Waals surface area (Å²) in [6, 6.07) is 7.55. The van der Waals surface area contributed by atoms with Gasteiger partial charge in [-0.25, -0.2) is 4.68 Å². The molecular weight excluding hydrogens is 280 g/mol. The average Bonchev–Trinajstić information content (AvgIpc) is 3.01. The molecular formula is C15H22N6O. The highest BCUT2D eigenvalue weighted by atomic mass is 16.1. The fourth-order valence-corrected chi connectivity index (χ4v) is 2.03. The fraction of sp³-hybridized carbons (Fsp3) is 0.467. The second-order valence-electron chi connectivity index (χ2n) is 5.92. The summed E-state index contributed by atoms with van der Waals surface area (Å²) in [6.45, 7) is 6.48. The van der Waals surface area contributed by atoms with Crippen molar-refractivity contribution in [3.63, 3.8) is 0 Å². The molecule has 0 aliphatic rings. The maximum absolute atomic E-state index is 12.2. The Morgan fingerprint density at radius 2 is 2.05 bits per heavy atom. The SMILES string of the molecule is CC(C)C(C)(CN)NC(=O)Cc1ccc(-n2cnnn2)cc1. The zero-order chi connectivity index (χ0) is 16.2. The van der Waals surface area contributed by atoms with Crippen molar-refractivity contribution in [1.29, 1.82) is 0 Å². The molecule has 22 heavy (non-hydrogen) atoms. The summed E-state index contributed by atoms with van der Waals surface area (Å²) in [5.41, 5.74) is 7.18. The number of aromatic nitrogens is 4. The minimum atomic E-state index is -0.385. The van der Waals surface area contributed by atoms with Crippen LogP contribution in [0.3, 0.4) is 0 Å². The van der Waals surface area contributed by atoms with Crippen molar-refractivity contribution in [3.05, 3.63) is 36.2 Å². The van der Waals surface area contributed by atoms with Gasteiger partial charge in [-0.1, -0.05) is 26.0 Å². The predicted octanol–water partition coefficient (Wildman–Crippen LogP) is 0.694. The topological polar surface area (TPSA) is 98.7 Å². The van der Waals surface area contributed by atoms with Crippen molar-refractivity contribution in [2.75, 3.05) is 6.54 Å². The van der Waals surface area contributed by atoms with Gasteiger partial charge in [-0.3, -0.25) is 4.79 Å². The van der Waals surface area contributed by atoms with Crippen LogP contribution in [0.25, 0.3) is 5.69 Å². The van der Waals surface area contributed by atoms with Crippen LogP contribution in [0.4, 0.5) is 0 Å². The molecule has 1 amide bonds. The van der Waals surface area contributed by atoms with Crippen molar-refractivity contribution >= 4 is 5.91 Å². The van der Waals surface area contributed by atoms with Gasteiger partial charge in [0.05, 0.1) is 17.6 Å². The molecule has 118 valence electrons. The number of hydrogen-bond donors (Lipinski definition) is 2. The van der Waals surface area contributed by atoms with Crippen molar-refractivity contribution in [3.8, 4) is 5.69 Å². The zero-order valence-electron chi connectivity index (χ0n) is 13.2. The lowest BCUT2D eigenvalue weighted by Gasteiger charge is -2.33. The lowest BCUT2D eigenvalue weighted by Crippen LogP contribution is -2.55. The number of benzene rings is 1. The molecule has 0 saturated heterocycles. The monoisotopic (exact) mass is 302 g/mol. The van der Waals surface area contributed by atoms with Gasteiger partial charge in [0.15, 0.2) is 0 Å². The van der Waals surface area contributed by atoms with Gasteiger partial charge in [0.25, 0.3) is 0 Å². The normalized spacial score (nSPS) is 13.9. The number of nitrogens with zero attached hydrogens (tertiary/aromatic N) is 4. The van der Waals surface area contributed by atoms with Crippen molar-refractivity contribution in [1.82, 2.24) is 25.5 Å². The van der Waals surface area contributed by atoms with Crippen LogP contribution in [0.2, 0.25) is 0 Å². The summed E-state index contributed by atoms with van der Waals surface area (Å²) in [5, 5.41) is 14.0. The van der Waals surface area contributed by atoms with E-state index in [4.69, 9.17) is 5.73 Å². The molecule has 3 N–H and O–H groups in total. The van der Waals surface area contributed by atoms with Gasteiger partial charge in [-0.15, -0.1) is 5.10 Å². The smallest absolute Gasteiger partial charge is 0.224 e. The van der Waals surface area contributed by atoms with E-state index in [0.717, 1.165) is 11.3 Å². The van der Waals surface area contributed by atoms with Crippen LogP contribution < -0.4 is 11.1 Å². The van der Waals surface area contributed by atoms with Crippen LogP contribution in [-0.2, 0) is 11.2 Å². The Hall–Kier alpha value is -2.28. The number of rotatable bonds is 6. The first-order valence-corrected chi connectivity index (χ1v) is 7.28. The predicted molar refractivity (Wildman–Crippen MR) is 83.3 cm³/mol. The highest BCUT2D eigenvalue weighted by Crippen LogP contribution is 2.15. The van der Waals surface area contributed by atoms with E-state index in [-0.39, 0.29) is 17.4 Å². The summed E-state index contributed by atoms with van der Waals surface area (Å²) in [6.07, 6.45) is 1.84. The van der Waals surface area contributed by atoms with Crippen LogP contribution in [0.15, 0.2) is 30.6 Å². The maximum atomic E-state index is 12.2. The maximum Gasteiger partial charge on any atom is 0.224 e. The Bertz CT molecular complexity index is 607. The van der Waals surface area contributed by atoms with Gasteiger partial charge in [0, 0.05) is 6.54 Å². The molecule has 2 aromatic rings. The summed E-state index contributed by atoms with van der Waals surface area (Å²) >= 11 is 0. The number of carbonyl (C=O) groups is 1. The zero-order valence-corrected chi connectivity index (χ0v) is 13.2. The minimum Gasteiger partial charge on any atom is -0.349 e. The number of tetrazole rings is 1. The van der Waals surface area contributed by atoms with E-state index >= 15 is 0 Å². The second-order valence-corrected chi connectivity index (χ2v) is 5.92. The largest absolute Gasteiger partial charge is 0.349 e. The molecule has 0 aliphatic carbocycles. The van der Waals surface area contributed by atoms with E-state index in [2.05, 4.69) is 20.8 Å². The first kappa shape index (κ1) is 16.1. The highest BCUT2D eigenvalue weighted by molar-refractivity contribution is 5.79. The molecule has 2 rings (SSSR count). The second kappa shape index (κ2) is 6.65. The average molecular weight is 302 g/mol. The molecule has 7 nitrogen and oxygen atoms in total. The van der Waals surface area contributed by atoms with E-state index < -0.39 is 0 Å². The summed E-state index contributed by atoms with van der Waals surface area (Å²) in [5.74, 6) is 0.237. The van der Waals surface area contributed by atoms with Crippen LogP contribution in [0.1, 0.15) is 26.3 Å². The fourth-order valence-electron chi connectivity index (χ4n) is 2.03. The Morgan fingerprint density at radius 3 is 2.55 bits per heavy atom. The number of amides is 1. The van der Waals surface area contributed by atoms with Crippen molar-refractivity contribution < 1.29 is 4.79 Å². The van der Waals surface area contributed by atoms with Crippen LogP contribution in [-0.4, -0.2) is 38.2 Å². The van der Waals surface area contributed by atoms with Gasteiger partial charge in [0.2, 0.25) is 5.91 Å². The van der Waals surface area contributed by atoms with E-state index in [1.54, 1.807) is 4.68 Å². The molecule has 0 saturated carbocycles. The van der Waals surface area contributed by atoms with E-state index in [9.17, 15) is 4.79 Å². The third kappa shape index (κ3) is 3.67. The minimum absolute atomic E-state index is 0.0307. The van der Waals surface area contributed by atoms with E-state index in [1.807, 2.05) is 45.0 Å². The summed E-state index contributed by atoms with van der Waals surface area (Å²) < 4.78 is 1.56. The van der Waals surface area contributed by atoms with Gasteiger partial charge < -0.3 is 11.1 Å². The number of nitrogens with one attached hydrogen (secondary N) is 1. The van der Waals surface area contributed by atoms with E-state index in [0.29, 0.717) is 13.0 Å². The molecule has 0 fully saturated rings. The van der Waals surface area contributed by atoms with Gasteiger partial charge >= 0.3 is 0 Å². The van der Waals surface area contributed by atoms with Crippen LogP contribution in [0, 0.1) is 5.92 Å². The van der Waals surface area contributed by atoms with Crippen LogP contribution in [0.5, 0.6) is 0 Å².